The molecule has 1 unspecified atom stereocenters. The van der Waals surface area contributed by atoms with Gasteiger partial charge in [0, 0.05) is 52.6 Å². The average molecular weight is 602 g/mol. The molecule has 0 spiro atoms. The first-order valence-electron chi connectivity index (χ1n) is 14.3. The number of ether oxygens (including phenoxy) is 1. The molecule has 1 fully saturated rings. The summed E-state index contributed by atoms with van der Waals surface area (Å²) in [6.07, 6.45) is 3.34. The zero-order chi connectivity index (χ0) is 30.3. The van der Waals surface area contributed by atoms with Gasteiger partial charge in [0.05, 0.1) is 13.2 Å². The van der Waals surface area contributed by atoms with E-state index in [0.717, 1.165) is 38.0 Å². The lowest BCUT2D eigenvalue weighted by atomic mass is 9.97. The zero-order valence-electron chi connectivity index (χ0n) is 24.3. The van der Waals surface area contributed by atoms with Crippen LogP contribution >= 0.6 is 11.8 Å². The van der Waals surface area contributed by atoms with Crippen molar-refractivity contribution in [1.29, 1.82) is 0 Å². The van der Waals surface area contributed by atoms with Crippen LogP contribution in [0.1, 0.15) is 35.4 Å². The third-order valence-electron chi connectivity index (χ3n) is 7.43. The second kappa shape index (κ2) is 13.8. The van der Waals surface area contributed by atoms with E-state index in [-0.39, 0.29) is 19.1 Å². The van der Waals surface area contributed by atoms with E-state index >= 15 is 0 Å². The summed E-state index contributed by atoms with van der Waals surface area (Å²) in [5.74, 6) is -0.142. The SMILES string of the molecule is Cc1ccccc1C(CF)COC(=O)Nc1ccc(SC2CC2)c(CN(C)C(=O)CNc2ccc3c(N)nccc3c2)c1. The molecular weight excluding hydrogens is 565 g/mol. The fourth-order valence-corrected chi connectivity index (χ4v) is 5.97. The second-order valence-electron chi connectivity index (χ2n) is 10.8. The van der Waals surface area contributed by atoms with Crippen molar-refractivity contribution in [3.63, 3.8) is 0 Å². The Kier molecular flexibility index (Phi) is 9.66. The van der Waals surface area contributed by atoms with E-state index in [9.17, 15) is 14.0 Å². The van der Waals surface area contributed by atoms with Crippen LogP contribution in [-0.2, 0) is 16.1 Å². The van der Waals surface area contributed by atoms with Crippen molar-refractivity contribution in [3.05, 3.63) is 89.6 Å². The predicted molar refractivity (Wildman–Crippen MR) is 171 cm³/mol. The molecule has 1 heterocycles. The first kappa shape index (κ1) is 30.2. The van der Waals surface area contributed by atoms with Crippen LogP contribution in [0.15, 0.2) is 77.8 Å². The standard InChI is InChI=1S/C33H36FN5O3S/c1-21-5-3-4-6-28(21)24(17-34)20-42-33(41)38-26-8-12-30(43-27-9-10-27)23(16-26)19-39(2)31(40)18-37-25-7-11-29-22(15-25)13-14-36-32(29)35/h3-8,11-16,24,27,37H,9-10,17-20H2,1-2H3,(H2,35,36)(H,38,41). The molecule has 3 aromatic carbocycles. The normalized spacial score (nSPS) is 13.4. The molecule has 224 valence electrons. The third-order valence-corrected chi connectivity index (χ3v) is 8.88. The number of nitrogens with two attached hydrogens (primary N) is 1. The first-order valence-corrected chi connectivity index (χ1v) is 15.2. The molecule has 10 heteroatoms. The van der Waals surface area contributed by atoms with Gasteiger partial charge in [-0.15, -0.1) is 11.8 Å². The number of benzene rings is 3. The zero-order valence-corrected chi connectivity index (χ0v) is 25.1. The van der Waals surface area contributed by atoms with E-state index in [1.54, 1.807) is 29.9 Å². The minimum Gasteiger partial charge on any atom is -0.449 e. The van der Waals surface area contributed by atoms with E-state index in [0.29, 0.717) is 23.3 Å². The van der Waals surface area contributed by atoms with E-state index in [4.69, 9.17) is 10.5 Å². The fraction of sp³-hybridized carbons (Fsp3) is 0.303. The summed E-state index contributed by atoms with van der Waals surface area (Å²) in [5.41, 5.74) is 10.0. The maximum Gasteiger partial charge on any atom is 0.411 e. The molecule has 43 heavy (non-hydrogen) atoms. The van der Waals surface area contributed by atoms with Crippen molar-refractivity contribution in [3.8, 4) is 0 Å². The van der Waals surface area contributed by atoms with Crippen LogP contribution in [0, 0.1) is 6.92 Å². The quantitative estimate of drug-likeness (QED) is 0.165. The number of carbonyl (C=O) groups excluding carboxylic acids is 2. The van der Waals surface area contributed by atoms with E-state index in [1.165, 1.54) is 12.8 Å². The highest BCUT2D eigenvalue weighted by Gasteiger charge is 2.24. The average Bonchev–Trinajstić information content (AvgIpc) is 3.82. The summed E-state index contributed by atoms with van der Waals surface area (Å²) in [6.45, 7) is 1.71. The van der Waals surface area contributed by atoms with Crippen molar-refractivity contribution in [2.75, 3.05) is 43.2 Å². The monoisotopic (exact) mass is 601 g/mol. The molecule has 1 saturated carbocycles. The van der Waals surface area contributed by atoms with Crippen molar-refractivity contribution in [2.24, 2.45) is 0 Å². The lowest BCUT2D eigenvalue weighted by Crippen LogP contribution is -2.32. The predicted octanol–water partition coefficient (Wildman–Crippen LogP) is 6.75. The summed E-state index contributed by atoms with van der Waals surface area (Å²) in [6, 6.07) is 20.8. The Morgan fingerprint density at radius 2 is 1.91 bits per heavy atom. The number of fused-ring (bicyclic) bond motifs is 1. The lowest BCUT2D eigenvalue weighted by Gasteiger charge is -2.21. The van der Waals surface area contributed by atoms with Crippen LogP contribution in [0.5, 0.6) is 0 Å². The Hall–Kier alpha value is -4.31. The highest BCUT2D eigenvalue weighted by molar-refractivity contribution is 8.00. The summed E-state index contributed by atoms with van der Waals surface area (Å²) in [4.78, 5) is 32.6. The number of alkyl halides is 1. The lowest BCUT2D eigenvalue weighted by molar-refractivity contribution is -0.128. The molecule has 4 N–H and O–H groups in total. The van der Waals surface area contributed by atoms with Gasteiger partial charge in [-0.2, -0.15) is 0 Å². The van der Waals surface area contributed by atoms with E-state index < -0.39 is 18.7 Å². The number of rotatable bonds is 12. The number of aromatic nitrogens is 1. The summed E-state index contributed by atoms with van der Waals surface area (Å²) >= 11 is 1.79. The number of hydrogen-bond donors (Lipinski definition) is 3. The van der Waals surface area contributed by atoms with Crippen molar-refractivity contribution < 1.29 is 18.7 Å². The van der Waals surface area contributed by atoms with Crippen molar-refractivity contribution >= 4 is 51.7 Å². The van der Waals surface area contributed by atoms with Crippen LogP contribution < -0.4 is 16.4 Å². The maximum absolute atomic E-state index is 13.8. The Morgan fingerprint density at radius 3 is 2.67 bits per heavy atom. The van der Waals surface area contributed by atoms with Gasteiger partial charge in [0.1, 0.15) is 12.4 Å². The van der Waals surface area contributed by atoms with Gasteiger partial charge in [-0.25, -0.2) is 9.78 Å². The molecule has 0 aliphatic heterocycles. The van der Waals surface area contributed by atoms with Crippen molar-refractivity contribution in [1.82, 2.24) is 9.88 Å². The molecular formula is C33H36FN5O3S. The topological polar surface area (TPSA) is 110 Å². The summed E-state index contributed by atoms with van der Waals surface area (Å²) in [5, 5.41) is 8.35. The van der Waals surface area contributed by atoms with Crippen LogP contribution in [0.3, 0.4) is 0 Å². The number of anilines is 3. The Morgan fingerprint density at radius 1 is 1.12 bits per heavy atom. The number of nitrogen functional groups attached to an aromatic ring is 1. The van der Waals surface area contributed by atoms with Gasteiger partial charge < -0.3 is 20.7 Å². The minimum atomic E-state index is -0.651. The Labute approximate surface area is 255 Å². The first-order chi connectivity index (χ1) is 20.8. The van der Waals surface area contributed by atoms with Gasteiger partial charge in [0.15, 0.2) is 0 Å². The number of thioether (sulfide) groups is 1. The van der Waals surface area contributed by atoms with E-state index in [1.807, 2.05) is 73.7 Å². The Bertz CT molecular complexity index is 1610. The van der Waals surface area contributed by atoms with E-state index in [2.05, 4.69) is 15.6 Å². The number of nitrogens with one attached hydrogen (secondary N) is 2. The van der Waals surface area contributed by atoms with Crippen molar-refractivity contribution in [2.45, 2.75) is 42.4 Å². The highest BCUT2D eigenvalue weighted by atomic mass is 32.2. The van der Waals surface area contributed by atoms with Gasteiger partial charge in [-0.05, 0) is 84.3 Å². The number of carbonyl (C=O) groups is 2. The molecule has 5 rings (SSSR count). The van der Waals surface area contributed by atoms with Crippen LogP contribution in [0.4, 0.5) is 26.4 Å². The molecule has 2 amide bonds. The van der Waals surface area contributed by atoms with Gasteiger partial charge in [0.25, 0.3) is 0 Å². The van der Waals surface area contributed by atoms with Gasteiger partial charge in [-0.3, -0.25) is 14.5 Å². The highest BCUT2D eigenvalue weighted by Crippen LogP contribution is 2.41. The number of aryl methyl sites for hydroxylation is 1. The van der Waals surface area contributed by atoms with Crippen LogP contribution in [0.2, 0.25) is 0 Å². The number of amides is 2. The molecule has 1 atom stereocenters. The molecule has 4 aromatic rings. The fourth-order valence-electron chi connectivity index (χ4n) is 4.82. The van der Waals surface area contributed by atoms with Gasteiger partial charge >= 0.3 is 6.09 Å². The largest absolute Gasteiger partial charge is 0.449 e. The Balaban J connectivity index is 1.20. The molecule has 1 aliphatic rings. The number of pyridine rings is 1. The number of nitrogens with zero attached hydrogens (tertiary/aromatic N) is 2. The second-order valence-corrected chi connectivity index (χ2v) is 12.1. The molecule has 1 aromatic heterocycles. The molecule has 0 bridgehead atoms. The van der Waals surface area contributed by atoms with Gasteiger partial charge in [-0.1, -0.05) is 24.3 Å². The molecule has 0 radical (unpaired) electrons. The summed E-state index contributed by atoms with van der Waals surface area (Å²) < 4.78 is 19.2. The molecule has 8 nitrogen and oxygen atoms in total. The van der Waals surface area contributed by atoms with Crippen LogP contribution in [-0.4, -0.2) is 54.0 Å². The third kappa shape index (κ3) is 7.95. The molecule has 0 saturated heterocycles. The summed E-state index contributed by atoms with van der Waals surface area (Å²) in [7, 11) is 1.76. The maximum atomic E-state index is 13.8. The van der Waals surface area contributed by atoms with Gasteiger partial charge in [0.2, 0.25) is 5.91 Å². The number of likely N-dealkylation sites (N-methyl/N-ethyl adjacent to an activating group) is 1. The number of hydrogen-bond acceptors (Lipinski definition) is 7. The van der Waals surface area contributed by atoms with Crippen LogP contribution in [0.25, 0.3) is 10.8 Å². The molecule has 1 aliphatic carbocycles. The minimum absolute atomic E-state index is 0.0681. The number of halogens is 1. The smallest absolute Gasteiger partial charge is 0.411 e.